The standard InChI is InChI=1S/C15H15NO4/c1-2-20-15(19)8-7-12-9-11-5-3-4-6-13(11)16(12)10-14(17)18/h3-9H,2,10H2,1H3,(H,17,18)/b8-7+. The van der Waals surface area contributed by atoms with E-state index in [-0.39, 0.29) is 6.54 Å². The van der Waals surface area contributed by atoms with Crippen LogP contribution in [-0.4, -0.2) is 28.2 Å². The molecule has 0 bridgehead atoms. The van der Waals surface area contributed by atoms with E-state index in [0.717, 1.165) is 10.9 Å². The Bertz CT molecular complexity index is 670. The van der Waals surface area contributed by atoms with E-state index >= 15 is 0 Å². The van der Waals surface area contributed by atoms with Crippen molar-refractivity contribution in [2.75, 3.05) is 6.61 Å². The first-order chi connectivity index (χ1) is 9.61. The summed E-state index contributed by atoms with van der Waals surface area (Å²) in [4.78, 5) is 22.3. The number of carboxylic acid groups (broad SMARTS) is 1. The third-order valence-corrected chi connectivity index (χ3v) is 2.81. The zero-order valence-electron chi connectivity index (χ0n) is 11.1. The van der Waals surface area contributed by atoms with Crippen molar-refractivity contribution in [3.63, 3.8) is 0 Å². The van der Waals surface area contributed by atoms with Crippen LogP contribution in [0.5, 0.6) is 0 Å². The van der Waals surface area contributed by atoms with Gasteiger partial charge in [-0.25, -0.2) is 4.79 Å². The molecule has 0 unspecified atom stereocenters. The SMILES string of the molecule is CCOC(=O)/C=C/c1cc2ccccc2n1CC(=O)O. The summed E-state index contributed by atoms with van der Waals surface area (Å²) in [5.74, 6) is -1.38. The van der Waals surface area contributed by atoms with Crippen molar-refractivity contribution in [3.05, 3.63) is 42.1 Å². The van der Waals surface area contributed by atoms with Gasteiger partial charge in [-0.05, 0) is 25.1 Å². The molecule has 20 heavy (non-hydrogen) atoms. The predicted octanol–water partition coefficient (Wildman–Crippen LogP) is 2.30. The number of carbonyl (C=O) groups is 2. The minimum Gasteiger partial charge on any atom is -0.480 e. The average Bonchev–Trinajstić information content (AvgIpc) is 2.75. The number of fused-ring (bicyclic) bond motifs is 1. The fourth-order valence-corrected chi connectivity index (χ4v) is 2.03. The molecule has 0 amide bonds. The molecule has 0 fully saturated rings. The summed E-state index contributed by atoms with van der Waals surface area (Å²) in [6.07, 6.45) is 2.87. The highest BCUT2D eigenvalue weighted by Crippen LogP contribution is 2.20. The van der Waals surface area contributed by atoms with Crippen LogP contribution < -0.4 is 0 Å². The highest BCUT2D eigenvalue weighted by molar-refractivity contribution is 5.90. The summed E-state index contributed by atoms with van der Waals surface area (Å²) in [7, 11) is 0. The number of benzene rings is 1. The number of rotatable bonds is 5. The maximum atomic E-state index is 11.3. The number of carboxylic acids is 1. The summed E-state index contributed by atoms with van der Waals surface area (Å²) >= 11 is 0. The third-order valence-electron chi connectivity index (χ3n) is 2.81. The normalized spacial score (nSPS) is 11.1. The van der Waals surface area contributed by atoms with Gasteiger partial charge in [-0.2, -0.15) is 0 Å². The minimum absolute atomic E-state index is 0.157. The van der Waals surface area contributed by atoms with Gasteiger partial charge in [-0.1, -0.05) is 18.2 Å². The number of nitrogens with zero attached hydrogens (tertiary/aromatic N) is 1. The lowest BCUT2D eigenvalue weighted by molar-refractivity contribution is -0.138. The number of ether oxygens (including phenoxy) is 1. The Balaban J connectivity index is 2.40. The topological polar surface area (TPSA) is 68.5 Å². The lowest BCUT2D eigenvalue weighted by Gasteiger charge is -2.04. The van der Waals surface area contributed by atoms with Crippen LogP contribution in [-0.2, 0) is 20.9 Å². The van der Waals surface area contributed by atoms with Gasteiger partial charge in [0, 0.05) is 22.7 Å². The lowest BCUT2D eigenvalue weighted by Crippen LogP contribution is -2.10. The van der Waals surface area contributed by atoms with Gasteiger partial charge in [-0.15, -0.1) is 0 Å². The molecule has 5 nitrogen and oxygen atoms in total. The smallest absolute Gasteiger partial charge is 0.330 e. The number of aliphatic carboxylic acids is 1. The first-order valence-corrected chi connectivity index (χ1v) is 6.26. The van der Waals surface area contributed by atoms with E-state index in [4.69, 9.17) is 9.84 Å². The monoisotopic (exact) mass is 273 g/mol. The number of aromatic nitrogens is 1. The van der Waals surface area contributed by atoms with Crippen LogP contribution >= 0.6 is 0 Å². The van der Waals surface area contributed by atoms with Crippen LogP contribution in [0, 0.1) is 0 Å². The molecule has 5 heteroatoms. The summed E-state index contributed by atoms with van der Waals surface area (Å²) in [6, 6.07) is 9.31. The lowest BCUT2D eigenvalue weighted by atomic mass is 10.2. The maximum absolute atomic E-state index is 11.3. The first-order valence-electron chi connectivity index (χ1n) is 6.26. The summed E-state index contributed by atoms with van der Waals surface area (Å²) in [5, 5.41) is 9.92. The molecular weight excluding hydrogens is 258 g/mol. The maximum Gasteiger partial charge on any atom is 0.330 e. The second kappa shape index (κ2) is 6.06. The van der Waals surface area contributed by atoms with Crippen LogP contribution in [0.2, 0.25) is 0 Å². The Morgan fingerprint density at radius 2 is 2.10 bits per heavy atom. The molecule has 1 aromatic heterocycles. The van der Waals surface area contributed by atoms with Crippen molar-refractivity contribution < 1.29 is 19.4 Å². The predicted molar refractivity (Wildman–Crippen MR) is 75.2 cm³/mol. The molecule has 0 saturated carbocycles. The number of para-hydroxylation sites is 1. The van der Waals surface area contributed by atoms with Gasteiger partial charge >= 0.3 is 11.9 Å². The van der Waals surface area contributed by atoms with Crippen molar-refractivity contribution in [2.24, 2.45) is 0 Å². The molecule has 1 aromatic carbocycles. The van der Waals surface area contributed by atoms with Crippen LogP contribution in [0.25, 0.3) is 17.0 Å². The van der Waals surface area contributed by atoms with Crippen molar-refractivity contribution in [2.45, 2.75) is 13.5 Å². The van der Waals surface area contributed by atoms with Crippen LogP contribution in [0.3, 0.4) is 0 Å². The number of hydrogen-bond acceptors (Lipinski definition) is 3. The van der Waals surface area contributed by atoms with E-state index in [9.17, 15) is 9.59 Å². The molecule has 1 heterocycles. The van der Waals surface area contributed by atoms with Crippen molar-refractivity contribution in [1.29, 1.82) is 0 Å². The fourth-order valence-electron chi connectivity index (χ4n) is 2.03. The third kappa shape index (κ3) is 3.06. The van der Waals surface area contributed by atoms with E-state index in [1.165, 1.54) is 6.08 Å². The quantitative estimate of drug-likeness (QED) is 0.670. The van der Waals surface area contributed by atoms with E-state index in [1.54, 1.807) is 17.6 Å². The zero-order chi connectivity index (χ0) is 14.5. The van der Waals surface area contributed by atoms with Gasteiger partial charge in [0.05, 0.1) is 6.61 Å². The molecule has 2 rings (SSSR count). The molecule has 0 radical (unpaired) electrons. The molecule has 0 atom stereocenters. The Labute approximate surface area is 116 Å². The van der Waals surface area contributed by atoms with E-state index in [1.807, 2.05) is 30.3 Å². The van der Waals surface area contributed by atoms with E-state index in [0.29, 0.717) is 12.3 Å². The Hall–Kier alpha value is -2.56. The molecular formula is C15H15NO4. The van der Waals surface area contributed by atoms with Crippen LogP contribution in [0.15, 0.2) is 36.4 Å². The Kier molecular flexibility index (Phi) is 4.20. The van der Waals surface area contributed by atoms with Crippen molar-refractivity contribution in [3.8, 4) is 0 Å². The van der Waals surface area contributed by atoms with Crippen molar-refractivity contribution >= 4 is 28.9 Å². The number of esters is 1. The molecule has 0 spiro atoms. The molecule has 2 aromatic rings. The molecule has 0 aliphatic heterocycles. The Morgan fingerprint density at radius 1 is 1.35 bits per heavy atom. The summed E-state index contributed by atoms with van der Waals surface area (Å²) in [6.45, 7) is 1.88. The number of carbonyl (C=O) groups excluding carboxylic acids is 1. The first kappa shape index (κ1) is 13.9. The largest absolute Gasteiger partial charge is 0.480 e. The zero-order valence-corrected chi connectivity index (χ0v) is 11.1. The molecule has 0 aliphatic carbocycles. The minimum atomic E-state index is -0.933. The highest BCUT2D eigenvalue weighted by Gasteiger charge is 2.09. The van der Waals surface area contributed by atoms with Gasteiger partial charge in [0.2, 0.25) is 0 Å². The van der Waals surface area contributed by atoms with Gasteiger partial charge < -0.3 is 14.4 Å². The van der Waals surface area contributed by atoms with Crippen LogP contribution in [0.1, 0.15) is 12.6 Å². The molecule has 1 N–H and O–H groups in total. The van der Waals surface area contributed by atoms with Crippen molar-refractivity contribution in [1.82, 2.24) is 4.57 Å². The molecule has 0 saturated heterocycles. The fraction of sp³-hybridized carbons (Fsp3) is 0.200. The second-order valence-corrected chi connectivity index (χ2v) is 4.19. The van der Waals surface area contributed by atoms with Gasteiger partial charge in [-0.3, -0.25) is 4.79 Å². The summed E-state index contributed by atoms with van der Waals surface area (Å²) in [5.41, 5.74) is 1.47. The van der Waals surface area contributed by atoms with Crippen LogP contribution in [0.4, 0.5) is 0 Å². The van der Waals surface area contributed by atoms with Gasteiger partial charge in [0.1, 0.15) is 6.54 Å². The molecule has 104 valence electrons. The van der Waals surface area contributed by atoms with Gasteiger partial charge in [0.15, 0.2) is 0 Å². The Morgan fingerprint density at radius 3 is 2.80 bits per heavy atom. The van der Waals surface area contributed by atoms with Gasteiger partial charge in [0.25, 0.3) is 0 Å². The second-order valence-electron chi connectivity index (χ2n) is 4.19. The number of hydrogen-bond donors (Lipinski definition) is 1. The van der Waals surface area contributed by atoms with E-state index in [2.05, 4.69) is 0 Å². The van der Waals surface area contributed by atoms with E-state index < -0.39 is 11.9 Å². The summed E-state index contributed by atoms with van der Waals surface area (Å²) < 4.78 is 6.45. The highest BCUT2D eigenvalue weighted by atomic mass is 16.5. The molecule has 0 aliphatic rings. The average molecular weight is 273 g/mol.